The molecule has 0 amide bonds. The molecule has 4 atom stereocenters. The second-order valence-electron chi connectivity index (χ2n) is 9.92. The van der Waals surface area contributed by atoms with Gasteiger partial charge in [-0.05, 0) is 93.3 Å². The van der Waals surface area contributed by atoms with Gasteiger partial charge >= 0.3 is 5.97 Å². The first kappa shape index (κ1) is 26.8. The van der Waals surface area contributed by atoms with Crippen LogP contribution < -0.4 is 9.47 Å². The Bertz CT molecular complexity index is 1260. The molecular weight excluding hydrogens is 488 g/mol. The zero-order chi connectivity index (χ0) is 26.7. The van der Waals surface area contributed by atoms with Crippen molar-refractivity contribution in [2.75, 3.05) is 6.61 Å². The standard InChI is InChI=1S/C31H33ClO5/c1-18(2)26-16-27(22-6-8-23(32)9-7-22)21(5)36-31(26)28-15-24(10-11-29(28)35-17-30(33)34)37-25-13-19(3)12-20(4)14-25/h6-15,21,26-27,31H,1,16-17H2,2-5H3,(H,33,34)/t21-,26+,27-,31-/m1/s1. The normalized spacial score (nSPS) is 21.3. The lowest BCUT2D eigenvalue weighted by atomic mass is 9.76. The molecule has 194 valence electrons. The third kappa shape index (κ3) is 6.54. The zero-order valence-corrected chi connectivity index (χ0v) is 22.4. The van der Waals surface area contributed by atoms with E-state index in [-0.39, 0.29) is 24.0 Å². The minimum atomic E-state index is -1.04. The van der Waals surface area contributed by atoms with Gasteiger partial charge in [-0.1, -0.05) is 42.0 Å². The maximum atomic E-state index is 11.3. The molecule has 0 aromatic heterocycles. The van der Waals surface area contributed by atoms with E-state index >= 15 is 0 Å². The fourth-order valence-corrected chi connectivity index (χ4v) is 5.21. The van der Waals surface area contributed by atoms with Crippen molar-refractivity contribution in [3.05, 3.63) is 100 Å². The summed E-state index contributed by atoms with van der Waals surface area (Å²) in [5.74, 6) is 0.926. The second-order valence-corrected chi connectivity index (χ2v) is 10.4. The first-order valence-corrected chi connectivity index (χ1v) is 12.8. The van der Waals surface area contributed by atoms with E-state index in [1.165, 1.54) is 0 Å². The van der Waals surface area contributed by atoms with E-state index in [1.54, 1.807) is 12.1 Å². The van der Waals surface area contributed by atoms with Gasteiger partial charge in [-0.15, -0.1) is 0 Å². The summed E-state index contributed by atoms with van der Waals surface area (Å²) in [6, 6.07) is 19.4. The van der Waals surface area contributed by atoms with Crippen molar-refractivity contribution in [2.24, 2.45) is 5.92 Å². The van der Waals surface area contributed by atoms with Crippen LogP contribution in [0.2, 0.25) is 5.02 Å². The molecule has 0 aliphatic carbocycles. The second kappa shape index (κ2) is 11.4. The van der Waals surface area contributed by atoms with Gasteiger partial charge in [0.1, 0.15) is 17.2 Å². The summed E-state index contributed by atoms with van der Waals surface area (Å²) < 4.78 is 18.6. The summed E-state index contributed by atoms with van der Waals surface area (Å²) in [4.78, 5) is 11.3. The Labute approximate surface area is 223 Å². The first-order valence-electron chi connectivity index (χ1n) is 12.4. The molecule has 1 heterocycles. The van der Waals surface area contributed by atoms with Gasteiger partial charge in [-0.25, -0.2) is 4.79 Å². The molecule has 1 fully saturated rings. The van der Waals surface area contributed by atoms with Crippen LogP contribution in [0.4, 0.5) is 0 Å². The van der Waals surface area contributed by atoms with Crippen LogP contribution >= 0.6 is 11.6 Å². The maximum absolute atomic E-state index is 11.3. The Morgan fingerprint density at radius 3 is 2.35 bits per heavy atom. The number of ether oxygens (including phenoxy) is 3. The van der Waals surface area contributed by atoms with Crippen molar-refractivity contribution in [3.63, 3.8) is 0 Å². The van der Waals surface area contributed by atoms with Crippen LogP contribution in [-0.4, -0.2) is 23.8 Å². The molecule has 37 heavy (non-hydrogen) atoms. The average Bonchev–Trinajstić information content (AvgIpc) is 2.83. The predicted octanol–water partition coefficient (Wildman–Crippen LogP) is 8.04. The fourth-order valence-electron chi connectivity index (χ4n) is 5.09. The number of aliphatic carboxylic acids is 1. The minimum absolute atomic E-state index is 0.0134. The quantitative estimate of drug-likeness (QED) is 0.304. The topological polar surface area (TPSA) is 65.0 Å². The van der Waals surface area contributed by atoms with Crippen LogP contribution in [0.1, 0.15) is 54.5 Å². The monoisotopic (exact) mass is 520 g/mol. The highest BCUT2D eigenvalue weighted by Crippen LogP contribution is 2.49. The molecule has 1 N–H and O–H groups in total. The van der Waals surface area contributed by atoms with Crippen molar-refractivity contribution in [3.8, 4) is 17.2 Å². The lowest BCUT2D eigenvalue weighted by Gasteiger charge is -2.42. The Morgan fingerprint density at radius 2 is 1.73 bits per heavy atom. The summed E-state index contributed by atoms with van der Waals surface area (Å²) in [5, 5.41) is 9.93. The highest BCUT2D eigenvalue weighted by molar-refractivity contribution is 6.30. The molecule has 3 aromatic carbocycles. The Balaban J connectivity index is 1.70. The highest BCUT2D eigenvalue weighted by atomic mass is 35.5. The summed E-state index contributed by atoms with van der Waals surface area (Å²) in [6.45, 7) is 11.9. The van der Waals surface area contributed by atoms with Crippen LogP contribution in [0, 0.1) is 19.8 Å². The molecule has 1 aliphatic heterocycles. The number of hydrogen-bond acceptors (Lipinski definition) is 4. The summed E-state index contributed by atoms with van der Waals surface area (Å²) in [7, 11) is 0. The number of rotatable bonds is 8. The minimum Gasteiger partial charge on any atom is -0.482 e. The third-order valence-electron chi connectivity index (χ3n) is 6.80. The number of carbonyl (C=O) groups is 1. The molecule has 0 bridgehead atoms. The predicted molar refractivity (Wildman–Crippen MR) is 146 cm³/mol. The van der Waals surface area contributed by atoms with E-state index in [1.807, 2.05) is 63.2 Å². The van der Waals surface area contributed by atoms with Gasteiger partial charge in [0.25, 0.3) is 0 Å². The molecule has 0 radical (unpaired) electrons. The number of halogens is 1. The van der Waals surface area contributed by atoms with Crippen LogP contribution in [0.15, 0.2) is 72.8 Å². The van der Waals surface area contributed by atoms with Gasteiger partial charge in [0.2, 0.25) is 0 Å². The summed E-state index contributed by atoms with van der Waals surface area (Å²) in [6.07, 6.45) is 0.351. The largest absolute Gasteiger partial charge is 0.482 e. The van der Waals surface area contributed by atoms with E-state index in [2.05, 4.69) is 19.6 Å². The number of hydrogen-bond donors (Lipinski definition) is 1. The molecule has 0 unspecified atom stereocenters. The molecular formula is C31H33ClO5. The Morgan fingerprint density at radius 1 is 1.05 bits per heavy atom. The average molecular weight is 521 g/mol. The van der Waals surface area contributed by atoms with E-state index in [4.69, 9.17) is 25.8 Å². The Hall–Kier alpha value is -3.28. The van der Waals surface area contributed by atoms with Gasteiger partial charge in [0, 0.05) is 22.4 Å². The molecule has 6 heteroatoms. The SMILES string of the molecule is C=C(C)[C@@H]1C[C@@H](c2ccc(Cl)cc2)[C@@H](C)O[C@H]1c1cc(Oc2cc(C)cc(C)c2)ccc1OCC(=O)O. The number of carboxylic acid groups (broad SMARTS) is 1. The molecule has 1 saturated heterocycles. The molecule has 5 nitrogen and oxygen atoms in total. The number of carboxylic acids is 1. The van der Waals surface area contributed by atoms with E-state index in [0.717, 1.165) is 40.0 Å². The lowest BCUT2D eigenvalue weighted by molar-refractivity contribution is -0.139. The number of benzene rings is 3. The van der Waals surface area contributed by atoms with E-state index in [0.29, 0.717) is 16.5 Å². The van der Waals surface area contributed by atoms with Crippen LogP contribution in [-0.2, 0) is 9.53 Å². The molecule has 1 aliphatic rings. The number of aryl methyl sites for hydroxylation is 2. The van der Waals surface area contributed by atoms with Crippen molar-refractivity contribution in [2.45, 2.75) is 52.2 Å². The molecule has 3 aromatic rings. The summed E-state index contributed by atoms with van der Waals surface area (Å²) >= 11 is 6.12. The van der Waals surface area contributed by atoms with Gasteiger partial charge in [-0.2, -0.15) is 0 Å². The van der Waals surface area contributed by atoms with Gasteiger partial charge in [0.15, 0.2) is 6.61 Å². The van der Waals surface area contributed by atoms with E-state index < -0.39 is 12.6 Å². The molecule has 4 rings (SSSR count). The van der Waals surface area contributed by atoms with Gasteiger partial charge in [-0.3, -0.25) is 0 Å². The van der Waals surface area contributed by atoms with Crippen molar-refractivity contribution in [1.29, 1.82) is 0 Å². The van der Waals surface area contributed by atoms with Crippen molar-refractivity contribution in [1.82, 2.24) is 0 Å². The van der Waals surface area contributed by atoms with E-state index in [9.17, 15) is 9.90 Å². The fraction of sp³-hybridized carbons (Fsp3) is 0.323. The maximum Gasteiger partial charge on any atom is 0.341 e. The van der Waals surface area contributed by atoms with Crippen LogP contribution in [0.3, 0.4) is 0 Å². The van der Waals surface area contributed by atoms with Crippen molar-refractivity contribution < 1.29 is 24.1 Å². The molecule has 0 saturated carbocycles. The summed E-state index contributed by atoms with van der Waals surface area (Å²) in [5.41, 5.74) is 5.11. The van der Waals surface area contributed by atoms with Gasteiger partial charge < -0.3 is 19.3 Å². The molecule has 0 spiro atoms. The zero-order valence-electron chi connectivity index (χ0n) is 21.7. The third-order valence-corrected chi connectivity index (χ3v) is 7.05. The first-order chi connectivity index (χ1) is 17.6. The van der Waals surface area contributed by atoms with Gasteiger partial charge in [0.05, 0.1) is 12.2 Å². The van der Waals surface area contributed by atoms with Crippen molar-refractivity contribution >= 4 is 17.6 Å². The smallest absolute Gasteiger partial charge is 0.341 e. The van der Waals surface area contributed by atoms with Crippen LogP contribution in [0.25, 0.3) is 0 Å². The Kier molecular flexibility index (Phi) is 8.25. The highest BCUT2D eigenvalue weighted by Gasteiger charge is 2.39. The van der Waals surface area contributed by atoms with Crippen LogP contribution in [0.5, 0.6) is 17.2 Å². The lowest BCUT2D eigenvalue weighted by Crippen LogP contribution is -2.34.